The number of nitrogens with zero attached hydrogens (tertiary/aromatic N) is 1. The highest BCUT2D eigenvalue weighted by atomic mass is 16.4. The van der Waals surface area contributed by atoms with Crippen molar-refractivity contribution in [1.29, 1.82) is 0 Å². The van der Waals surface area contributed by atoms with Crippen molar-refractivity contribution in [2.24, 2.45) is 0 Å². The highest BCUT2D eigenvalue weighted by molar-refractivity contribution is 5.85. The maximum absolute atomic E-state index is 10.6. The first-order valence-electron chi connectivity index (χ1n) is 4.24. The van der Waals surface area contributed by atoms with Crippen molar-refractivity contribution < 1.29 is 9.90 Å². The Morgan fingerprint density at radius 3 is 2.86 bits per heavy atom. The Bertz CT molecular complexity index is 488. The molecule has 0 spiro atoms. The van der Waals surface area contributed by atoms with Gasteiger partial charge in [-0.05, 0) is 12.1 Å². The first-order chi connectivity index (χ1) is 6.68. The first kappa shape index (κ1) is 8.62. The molecule has 0 aliphatic rings. The number of anilines is 1. The SMILES string of the molecule is Nc1cc2ccccc2n1CC(=O)O. The van der Waals surface area contributed by atoms with E-state index in [0.717, 1.165) is 10.9 Å². The van der Waals surface area contributed by atoms with Crippen LogP contribution >= 0.6 is 0 Å². The quantitative estimate of drug-likeness (QED) is 0.750. The molecule has 2 rings (SSSR count). The van der Waals surface area contributed by atoms with Gasteiger partial charge in [-0.3, -0.25) is 4.79 Å². The van der Waals surface area contributed by atoms with Crippen molar-refractivity contribution >= 4 is 22.7 Å². The van der Waals surface area contributed by atoms with Gasteiger partial charge in [0.05, 0.1) is 5.52 Å². The molecule has 14 heavy (non-hydrogen) atoms. The van der Waals surface area contributed by atoms with Crippen LogP contribution in [0.15, 0.2) is 30.3 Å². The fraction of sp³-hybridized carbons (Fsp3) is 0.100. The van der Waals surface area contributed by atoms with E-state index in [0.29, 0.717) is 5.82 Å². The number of hydrogen-bond donors (Lipinski definition) is 2. The lowest BCUT2D eigenvalue weighted by molar-refractivity contribution is -0.137. The monoisotopic (exact) mass is 190 g/mol. The summed E-state index contributed by atoms with van der Waals surface area (Å²) in [4.78, 5) is 10.6. The van der Waals surface area contributed by atoms with Crippen LogP contribution in [-0.2, 0) is 11.3 Å². The molecule has 4 nitrogen and oxygen atoms in total. The lowest BCUT2D eigenvalue weighted by atomic mass is 10.2. The van der Waals surface area contributed by atoms with E-state index >= 15 is 0 Å². The Morgan fingerprint density at radius 1 is 1.43 bits per heavy atom. The number of fused-ring (bicyclic) bond motifs is 1. The van der Waals surface area contributed by atoms with Crippen LogP contribution in [0.25, 0.3) is 10.9 Å². The molecule has 3 N–H and O–H groups in total. The number of aliphatic carboxylic acids is 1. The smallest absolute Gasteiger partial charge is 0.323 e. The van der Waals surface area contributed by atoms with Gasteiger partial charge in [0.2, 0.25) is 0 Å². The topological polar surface area (TPSA) is 68.2 Å². The summed E-state index contributed by atoms with van der Waals surface area (Å²) >= 11 is 0. The zero-order chi connectivity index (χ0) is 10.1. The normalized spacial score (nSPS) is 10.6. The van der Waals surface area contributed by atoms with Gasteiger partial charge in [0.25, 0.3) is 0 Å². The summed E-state index contributed by atoms with van der Waals surface area (Å²) in [5.74, 6) is -0.411. The van der Waals surface area contributed by atoms with Gasteiger partial charge >= 0.3 is 5.97 Å². The van der Waals surface area contributed by atoms with Crippen LogP contribution in [0.5, 0.6) is 0 Å². The molecule has 0 amide bonds. The molecular weight excluding hydrogens is 180 g/mol. The Labute approximate surface area is 80.6 Å². The molecule has 0 saturated carbocycles. The van der Waals surface area contributed by atoms with Crippen LogP contribution in [0.1, 0.15) is 0 Å². The zero-order valence-electron chi connectivity index (χ0n) is 7.47. The van der Waals surface area contributed by atoms with Gasteiger partial charge in [0.15, 0.2) is 0 Å². The number of carboxylic acids is 1. The number of carbonyl (C=O) groups is 1. The summed E-state index contributed by atoms with van der Waals surface area (Å²) in [6.07, 6.45) is 0. The minimum absolute atomic E-state index is 0.0979. The molecule has 0 saturated heterocycles. The van der Waals surface area contributed by atoms with Gasteiger partial charge < -0.3 is 15.4 Å². The predicted molar refractivity (Wildman–Crippen MR) is 54.0 cm³/mol. The van der Waals surface area contributed by atoms with Crippen LogP contribution in [0.3, 0.4) is 0 Å². The fourth-order valence-corrected chi connectivity index (χ4v) is 1.54. The average Bonchev–Trinajstić information content (AvgIpc) is 2.43. The van der Waals surface area contributed by atoms with Gasteiger partial charge in [-0.1, -0.05) is 18.2 Å². The van der Waals surface area contributed by atoms with Crippen LogP contribution in [0.4, 0.5) is 5.82 Å². The van der Waals surface area contributed by atoms with E-state index in [-0.39, 0.29) is 6.54 Å². The van der Waals surface area contributed by atoms with Crippen molar-refractivity contribution in [3.8, 4) is 0 Å². The van der Waals surface area contributed by atoms with Crippen LogP contribution < -0.4 is 5.73 Å². The molecule has 72 valence electrons. The fourth-order valence-electron chi connectivity index (χ4n) is 1.54. The predicted octanol–water partition coefficient (Wildman–Crippen LogP) is 1.31. The van der Waals surface area contributed by atoms with E-state index in [1.165, 1.54) is 0 Å². The number of carboxylic acid groups (broad SMARTS) is 1. The molecule has 0 fully saturated rings. The molecule has 0 bridgehead atoms. The van der Waals surface area contributed by atoms with Gasteiger partial charge in [0.1, 0.15) is 12.4 Å². The Balaban J connectivity index is 2.62. The number of hydrogen-bond acceptors (Lipinski definition) is 2. The van der Waals surface area contributed by atoms with Crippen molar-refractivity contribution in [2.45, 2.75) is 6.54 Å². The molecule has 1 aromatic heterocycles. The van der Waals surface area contributed by atoms with Crippen molar-refractivity contribution in [1.82, 2.24) is 4.57 Å². The van der Waals surface area contributed by atoms with Crippen LogP contribution in [-0.4, -0.2) is 15.6 Å². The molecule has 4 heteroatoms. The second kappa shape index (κ2) is 3.06. The maximum atomic E-state index is 10.6. The molecule has 0 atom stereocenters. The molecule has 2 aromatic rings. The highest BCUT2D eigenvalue weighted by Gasteiger charge is 2.07. The zero-order valence-corrected chi connectivity index (χ0v) is 7.47. The molecule has 1 heterocycles. The second-order valence-electron chi connectivity index (χ2n) is 3.11. The average molecular weight is 190 g/mol. The van der Waals surface area contributed by atoms with Crippen LogP contribution in [0, 0.1) is 0 Å². The van der Waals surface area contributed by atoms with E-state index < -0.39 is 5.97 Å². The van der Waals surface area contributed by atoms with Crippen molar-refractivity contribution in [2.75, 3.05) is 5.73 Å². The number of nitrogens with two attached hydrogens (primary N) is 1. The summed E-state index contributed by atoms with van der Waals surface area (Å²) in [5.41, 5.74) is 6.56. The van der Waals surface area contributed by atoms with Gasteiger partial charge in [0, 0.05) is 5.39 Å². The second-order valence-corrected chi connectivity index (χ2v) is 3.11. The van der Waals surface area contributed by atoms with E-state index in [2.05, 4.69) is 0 Å². The van der Waals surface area contributed by atoms with Gasteiger partial charge in [-0.15, -0.1) is 0 Å². The highest BCUT2D eigenvalue weighted by Crippen LogP contribution is 2.20. The lowest BCUT2D eigenvalue weighted by Gasteiger charge is -2.03. The first-order valence-corrected chi connectivity index (χ1v) is 4.24. The standard InChI is InChI=1S/C10H10N2O2/c11-9-5-7-3-1-2-4-8(7)12(9)6-10(13)14/h1-5H,6,11H2,(H,13,14). The minimum atomic E-state index is -0.891. The van der Waals surface area contributed by atoms with Crippen LogP contribution in [0.2, 0.25) is 0 Å². The van der Waals surface area contributed by atoms with E-state index in [9.17, 15) is 4.79 Å². The Hall–Kier alpha value is -1.97. The minimum Gasteiger partial charge on any atom is -0.480 e. The third kappa shape index (κ3) is 1.31. The number of nitrogen functional groups attached to an aromatic ring is 1. The molecule has 0 aliphatic heterocycles. The lowest BCUT2D eigenvalue weighted by Crippen LogP contribution is -2.10. The van der Waals surface area contributed by atoms with E-state index in [4.69, 9.17) is 10.8 Å². The number of aromatic nitrogens is 1. The van der Waals surface area contributed by atoms with Crippen molar-refractivity contribution in [3.63, 3.8) is 0 Å². The summed E-state index contributed by atoms with van der Waals surface area (Å²) < 4.78 is 1.58. The summed E-state index contributed by atoms with van der Waals surface area (Å²) in [5, 5.41) is 9.66. The Morgan fingerprint density at radius 2 is 2.14 bits per heavy atom. The van der Waals surface area contributed by atoms with E-state index in [1.54, 1.807) is 10.6 Å². The Kier molecular flexibility index (Phi) is 1.89. The third-order valence-corrected chi connectivity index (χ3v) is 2.14. The molecule has 0 radical (unpaired) electrons. The number of benzene rings is 1. The largest absolute Gasteiger partial charge is 0.480 e. The van der Waals surface area contributed by atoms with Gasteiger partial charge in [-0.25, -0.2) is 0 Å². The molecule has 1 aromatic carbocycles. The summed E-state index contributed by atoms with van der Waals surface area (Å²) in [6, 6.07) is 9.30. The summed E-state index contributed by atoms with van der Waals surface area (Å²) in [6.45, 7) is -0.0979. The summed E-state index contributed by atoms with van der Waals surface area (Å²) in [7, 11) is 0. The molecule has 0 aliphatic carbocycles. The molecule has 0 unspecified atom stereocenters. The number of para-hydroxylation sites is 1. The maximum Gasteiger partial charge on any atom is 0.323 e. The third-order valence-electron chi connectivity index (χ3n) is 2.14. The van der Waals surface area contributed by atoms with Crippen molar-refractivity contribution in [3.05, 3.63) is 30.3 Å². The molecular formula is C10H10N2O2. The van der Waals surface area contributed by atoms with E-state index in [1.807, 2.05) is 24.3 Å². The number of rotatable bonds is 2. The van der Waals surface area contributed by atoms with Gasteiger partial charge in [-0.2, -0.15) is 0 Å².